The SMILES string of the molecule is COCCc1noc(CNC(=O)c2c3c(nn2C)CCCC3)n1. The van der Waals surface area contributed by atoms with Gasteiger partial charge in [0.1, 0.15) is 5.69 Å². The molecule has 1 aliphatic rings. The van der Waals surface area contributed by atoms with Crippen LogP contribution in [0.5, 0.6) is 0 Å². The number of nitrogens with one attached hydrogen (secondary N) is 1. The molecule has 0 atom stereocenters. The smallest absolute Gasteiger partial charge is 0.270 e. The van der Waals surface area contributed by atoms with Gasteiger partial charge >= 0.3 is 0 Å². The molecular weight excluding hydrogens is 298 g/mol. The molecule has 0 bridgehead atoms. The molecule has 3 rings (SSSR count). The minimum atomic E-state index is -0.153. The van der Waals surface area contributed by atoms with E-state index in [9.17, 15) is 4.79 Å². The lowest BCUT2D eigenvalue weighted by Gasteiger charge is -2.10. The molecule has 2 aromatic heterocycles. The highest BCUT2D eigenvalue weighted by atomic mass is 16.5. The summed E-state index contributed by atoms with van der Waals surface area (Å²) in [5.74, 6) is 0.814. The third-order valence-electron chi connectivity index (χ3n) is 3.97. The molecule has 2 heterocycles. The fraction of sp³-hybridized carbons (Fsp3) is 0.600. The van der Waals surface area contributed by atoms with Crippen molar-refractivity contribution < 1.29 is 14.1 Å². The second-order valence-corrected chi connectivity index (χ2v) is 5.63. The van der Waals surface area contributed by atoms with Crippen molar-refractivity contribution in [2.75, 3.05) is 13.7 Å². The van der Waals surface area contributed by atoms with Crippen LogP contribution in [0.15, 0.2) is 4.52 Å². The lowest BCUT2D eigenvalue weighted by Crippen LogP contribution is -2.26. The molecule has 0 radical (unpaired) electrons. The van der Waals surface area contributed by atoms with Crippen LogP contribution >= 0.6 is 0 Å². The first-order chi connectivity index (χ1) is 11.2. The Morgan fingerprint density at radius 1 is 1.39 bits per heavy atom. The summed E-state index contributed by atoms with van der Waals surface area (Å²) in [5, 5.41) is 11.1. The number of rotatable bonds is 6. The van der Waals surface area contributed by atoms with Crippen molar-refractivity contribution in [2.45, 2.75) is 38.6 Å². The quantitative estimate of drug-likeness (QED) is 0.846. The molecular formula is C15H21N5O3. The molecule has 124 valence electrons. The lowest BCUT2D eigenvalue weighted by molar-refractivity contribution is 0.0935. The molecule has 2 aromatic rings. The summed E-state index contributed by atoms with van der Waals surface area (Å²) in [7, 11) is 3.43. The van der Waals surface area contributed by atoms with Crippen LogP contribution in [0.3, 0.4) is 0 Å². The highest BCUT2D eigenvalue weighted by Crippen LogP contribution is 2.23. The van der Waals surface area contributed by atoms with Gasteiger partial charge in [0.25, 0.3) is 5.91 Å². The number of hydrogen-bond acceptors (Lipinski definition) is 6. The average molecular weight is 319 g/mol. The van der Waals surface area contributed by atoms with Crippen molar-refractivity contribution in [3.8, 4) is 0 Å². The largest absolute Gasteiger partial charge is 0.384 e. The van der Waals surface area contributed by atoms with Gasteiger partial charge in [-0.25, -0.2) is 0 Å². The monoisotopic (exact) mass is 319 g/mol. The molecule has 0 saturated carbocycles. The van der Waals surface area contributed by atoms with Crippen LogP contribution in [0.25, 0.3) is 0 Å². The highest BCUT2D eigenvalue weighted by Gasteiger charge is 2.24. The van der Waals surface area contributed by atoms with Crippen molar-refractivity contribution >= 4 is 5.91 Å². The second-order valence-electron chi connectivity index (χ2n) is 5.63. The average Bonchev–Trinajstić information content (AvgIpc) is 3.13. The molecule has 0 fully saturated rings. The van der Waals surface area contributed by atoms with Crippen LogP contribution in [0.4, 0.5) is 0 Å². The Balaban J connectivity index is 1.63. The Bertz CT molecular complexity index is 691. The van der Waals surface area contributed by atoms with Crippen molar-refractivity contribution in [2.24, 2.45) is 7.05 Å². The predicted molar refractivity (Wildman–Crippen MR) is 80.9 cm³/mol. The maximum absolute atomic E-state index is 12.5. The van der Waals surface area contributed by atoms with E-state index >= 15 is 0 Å². The number of ether oxygens (including phenoxy) is 1. The van der Waals surface area contributed by atoms with Crippen LogP contribution < -0.4 is 5.32 Å². The fourth-order valence-corrected chi connectivity index (χ4v) is 2.86. The maximum atomic E-state index is 12.5. The number of fused-ring (bicyclic) bond motifs is 1. The van der Waals surface area contributed by atoms with Gasteiger partial charge in [-0.15, -0.1) is 0 Å². The topological polar surface area (TPSA) is 95.1 Å². The van der Waals surface area contributed by atoms with Gasteiger partial charge in [0, 0.05) is 26.1 Å². The van der Waals surface area contributed by atoms with Crippen LogP contribution in [0.2, 0.25) is 0 Å². The summed E-state index contributed by atoms with van der Waals surface area (Å²) in [6, 6.07) is 0. The van der Waals surface area contributed by atoms with Crippen molar-refractivity contribution in [3.05, 3.63) is 28.7 Å². The summed E-state index contributed by atoms with van der Waals surface area (Å²) < 4.78 is 11.8. The Morgan fingerprint density at radius 2 is 2.22 bits per heavy atom. The van der Waals surface area contributed by atoms with Gasteiger partial charge in [0.2, 0.25) is 5.89 Å². The summed E-state index contributed by atoms with van der Waals surface area (Å²) >= 11 is 0. The molecule has 0 saturated heterocycles. The number of aromatic nitrogens is 4. The van der Waals surface area contributed by atoms with Crippen LogP contribution in [0.1, 0.15) is 46.3 Å². The van der Waals surface area contributed by atoms with E-state index in [1.807, 2.05) is 7.05 Å². The van der Waals surface area contributed by atoms with E-state index in [1.165, 1.54) is 0 Å². The molecule has 0 unspecified atom stereocenters. The number of methoxy groups -OCH3 is 1. The third kappa shape index (κ3) is 3.42. The van der Waals surface area contributed by atoms with E-state index in [0.717, 1.165) is 36.9 Å². The van der Waals surface area contributed by atoms with Crippen molar-refractivity contribution in [1.29, 1.82) is 0 Å². The van der Waals surface area contributed by atoms with Gasteiger partial charge in [-0.1, -0.05) is 5.16 Å². The van der Waals surface area contributed by atoms with E-state index in [-0.39, 0.29) is 12.5 Å². The molecule has 1 amide bonds. The summed E-state index contributed by atoms with van der Waals surface area (Å²) in [4.78, 5) is 16.7. The number of carbonyl (C=O) groups is 1. The number of aryl methyl sites for hydroxylation is 2. The minimum Gasteiger partial charge on any atom is -0.384 e. The lowest BCUT2D eigenvalue weighted by atomic mass is 9.95. The van der Waals surface area contributed by atoms with Crippen LogP contribution in [-0.4, -0.2) is 39.5 Å². The Hall–Kier alpha value is -2.22. The number of carbonyl (C=O) groups excluding carboxylic acids is 1. The second kappa shape index (κ2) is 6.91. The number of hydrogen-bond donors (Lipinski definition) is 1. The Labute approximate surface area is 134 Å². The first kappa shape index (κ1) is 15.7. The third-order valence-corrected chi connectivity index (χ3v) is 3.97. The molecule has 1 aliphatic carbocycles. The van der Waals surface area contributed by atoms with E-state index in [0.29, 0.717) is 30.4 Å². The molecule has 23 heavy (non-hydrogen) atoms. The van der Waals surface area contributed by atoms with Gasteiger partial charge < -0.3 is 14.6 Å². The predicted octanol–water partition coefficient (Wildman–Crippen LogP) is 0.801. The zero-order valence-electron chi connectivity index (χ0n) is 13.5. The number of amides is 1. The minimum absolute atomic E-state index is 0.153. The first-order valence-electron chi connectivity index (χ1n) is 7.82. The summed E-state index contributed by atoms with van der Waals surface area (Å²) in [6.07, 6.45) is 4.68. The molecule has 0 aliphatic heterocycles. The summed E-state index contributed by atoms with van der Waals surface area (Å²) in [5.41, 5.74) is 2.75. The molecule has 1 N–H and O–H groups in total. The normalized spacial score (nSPS) is 13.8. The van der Waals surface area contributed by atoms with Gasteiger partial charge in [0.15, 0.2) is 5.82 Å². The maximum Gasteiger partial charge on any atom is 0.270 e. The van der Waals surface area contributed by atoms with Crippen molar-refractivity contribution in [3.63, 3.8) is 0 Å². The first-order valence-corrected chi connectivity index (χ1v) is 7.82. The van der Waals surface area contributed by atoms with Gasteiger partial charge in [-0.05, 0) is 25.7 Å². The number of nitrogens with zero attached hydrogens (tertiary/aromatic N) is 4. The Kier molecular flexibility index (Phi) is 4.71. The molecule has 8 heteroatoms. The van der Waals surface area contributed by atoms with Gasteiger partial charge in [-0.3, -0.25) is 9.48 Å². The standard InChI is InChI=1S/C15H21N5O3/c1-20-14(10-5-3-4-6-11(10)18-20)15(21)16-9-13-17-12(19-23-13)7-8-22-2/h3-9H2,1-2H3,(H,16,21). The highest BCUT2D eigenvalue weighted by molar-refractivity contribution is 5.94. The summed E-state index contributed by atoms with van der Waals surface area (Å²) in [6.45, 7) is 0.741. The molecule has 8 nitrogen and oxygen atoms in total. The van der Waals surface area contributed by atoms with Crippen molar-refractivity contribution in [1.82, 2.24) is 25.2 Å². The molecule has 0 aromatic carbocycles. The zero-order chi connectivity index (χ0) is 16.2. The fourth-order valence-electron chi connectivity index (χ4n) is 2.86. The van der Waals surface area contributed by atoms with Gasteiger partial charge in [0.05, 0.1) is 18.8 Å². The van der Waals surface area contributed by atoms with Crippen LogP contribution in [0, 0.1) is 0 Å². The zero-order valence-corrected chi connectivity index (χ0v) is 13.5. The van der Waals surface area contributed by atoms with Gasteiger partial charge in [-0.2, -0.15) is 10.1 Å². The van der Waals surface area contributed by atoms with Crippen LogP contribution in [-0.2, 0) is 37.6 Å². The Morgan fingerprint density at radius 3 is 3.04 bits per heavy atom. The van der Waals surface area contributed by atoms with E-state index < -0.39 is 0 Å². The van der Waals surface area contributed by atoms with E-state index in [2.05, 4.69) is 20.6 Å². The van der Waals surface area contributed by atoms with E-state index in [1.54, 1.807) is 11.8 Å². The van der Waals surface area contributed by atoms with E-state index in [4.69, 9.17) is 9.26 Å². The molecule has 0 spiro atoms.